The molecule has 0 aliphatic carbocycles. The van der Waals surface area contributed by atoms with Crippen molar-refractivity contribution in [1.29, 1.82) is 0 Å². The number of carbonyl (C=O) groups is 1. The van der Waals surface area contributed by atoms with E-state index in [0.717, 1.165) is 5.56 Å². The molecule has 0 saturated carbocycles. The second kappa shape index (κ2) is 6.06. The Morgan fingerprint density at radius 1 is 1.10 bits per heavy atom. The van der Waals surface area contributed by atoms with Crippen LogP contribution in [-0.2, 0) is 4.74 Å². The molecular weight excluding hydrogens is 269 g/mol. The minimum atomic E-state index is -0.272. The first-order chi connectivity index (χ1) is 10.2. The fourth-order valence-corrected chi connectivity index (χ4v) is 2.48. The van der Waals surface area contributed by atoms with Gasteiger partial charge >= 0.3 is 0 Å². The van der Waals surface area contributed by atoms with E-state index in [1.807, 2.05) is 30.3 Å². The number of halogens is 1. The van der Waals surface area contributed by atoms with Crippen LogP contribution in [-0.4, -0.2) is 30.5 Å². The molecule has 0 aromatic heterocycles. The molecule has 3 rings (SSSR count). The van der Waals surface area contributed by atoms with Crippen molar-refractivity contribution in [2.24, 2.45) is 0 Å². The number of nitrogens with zero attached hydrogens (tertiary/aromatic N) is 1. The monoisotopic (exact) mass is 285 g/mol. The molecule has 1 atom stereocenters. The zero-order valence-electron chi connectivity index (χ0n) is 11.5. The van der Waals surface area contributed by atoms with E-state index in [0.29, 0.717) is 25.3 Å². The number of benzene rings is 2. The van der Waals surface area contributed by atoms with Gasteiger partial charge in [-0.05, 0) is 29.8 Å². The van der Waals surface area contributed by atoms with Gasteiger partial charge in [-0.3, -0.25) is 4.79 Å². The van der Waals surface area contributed by atoms with E-state index in [-0.39, 0.29) is 17.8 Å². The molecule has 21 heavy (non-hydrogen) atoms. The smallest absolute Gasteiger partial charge is 0.254 e. The van der Waals surface area contributed by atoms with E-state index in [4.69, 9.17) is 4.74 Å². The van der Waals surface area contributed by atoms with E-state index < -0.39 is 0 Å². The molecule has 4 heteroatoms. The van der Waals surface area contributed by atoms with Crippen LogP contribution in [0.4, 0.5) is 4.39 Å². The molecule has 0 spiro atoms. The largest absolute Gasteiger partial charge is 0.370 e. The van der Waals surface area contributed by atoms with Gasteiger partial charge in [-0.2, -0.15) is 0 Å². The molecule has 2 aromatic carbocycles. The summed E-state index contributed by atoms with van der Waals surface area (Å²) in [7, 11) is 0. The van der Waals surface area contributed by atoms with Gasteiger partial charge in [0.1, 0.15) is 11.9 Å². The van der Waals surface area contributed by atoms with Crippen LogP contribution in [0, 0.1) is 5.82 Å². The third kappa shape index (κ3) is 3.11. The summed E-state index contributed by atoms with van der Waals surface area (Å²) < 4.78 is 18.7. The SMILES string of the molecule is O=C(c1ccccc1)N1CCOC(c2ccc(F)cc2)C1. The van der Waals surface area contributed by atoms with Crippen molar-refractivity contribution >= 4 is 5.91 Å². The predicted octanol–water partition coefficient (Wildman–Crippen LogP) is 3.04. The number of hydrogen-bond donors (Lipinski definition) is 0. The standard InChI is InChI=1S/C17H16FNO2/c18-15-8-6-13(7-9-15)16-12-19(10-11-21-16)17(20)14-4-2-1-3-5-14/h1-9,16H,10-12H2. The zero-order valence-corrected chi connectivity index (χ0v) is 11.5. The minimum Gasteiger partial charge on any atom is -0.370 e. The van der Waals surface area contributed by atoms with Crippen LogP contribution in [0.3, 0.4) is 0 Å². The molecule has 0 radical (unpaired) electrons. The third-order valence-electron chi connectivity index (χ3n) is 3.62. The summed E-state index contributed by atoms with van der Waals surface area (Å²) >= 11 is 0. The van der Waals surface area contributed by atoms with E-state index in [9.17, 15) is 9.18 Å². The van der Waals surface area contributed by atoms with Gasteiger partial charge < -0.3 is 9.64 Å². The third-order valence-corrected chi connectivity index (χ3v) is 3.62. The highest BCUT2D eigenvalue weighted by molar-refractivity contribution is 5.94. The molecule has 0 N–H and O–H groups in total. The number of ether oxygens (including phenoxy) is 1. The molecule has 2 aromatic rings. The maximum absolute atomic E-state index is 13.0. The van der Waals surface area contributed by atoms with Crippen molar-refractivity contribution in [2.75, 3.05) is 19.7 Å². The summed E-state index contributed by atoms with van der Waals surface area (Å²) in [5.74, 6) is -0.266. The Kier molecular flexibility index (Phi) is 3.97. The first kappa shape index (κ1) is 13.8. The second-order valence-corrected chi connectivity index (χ2v) is 5.03. The summed E-state index contributed by atoms with van der Waals surface area (Å²) in [5.41, 5.74) is 1.57. The molecule has 3 nitrogen and oxygen atoms in total. The fourth-order valence-electron chi connectivity index (χ4n) is 2.48. The minimum absolute atomic E-state index is 0.00557. The highest BCUT2D eigenvalue weighted by Gasteiger charge is 2.25. The molecule has 1 fully saturated rings. The highest BCUT2D eigenvalue weighted by atomic mass is 19.1. The molecule has 0 bridgehead atoms. The molecule has 108 valence electrons. The summed E-state index contributed by atoms with van der Waals surface area (Å²) in [4.78, 5) is 14.2. The maximum atomic E-state index is 13.0. The lowest BCUT2D eigenvalue weighted by atomic mass is 10.1. The number of hydrogen-bond acceptors (Lipinski definition) is 2. The average Bonchev–Trinajstić information content (AvgIpc) is 2.56. The van der Waals surface area contributed by atoms with Crippen molar-refractivity contribution < 1.29 is 13.9 Å². The van der Waals surface area contributed by atoms with Gasteiger partial charge in [0.2, 0.25) is 0 Å². The number of carbonyl (C=O) groups excluding carboxylic acids is 1. The maximum Gasteiger partial charge on any atom is 0.254 e. The lowest BCUT2D eigenvalue weighted by Crippen LogP contribution is -2.42. The van der Waals surface area contributed by atoms with Crippen LogP contribution in [0.1, 0.15) is 22.0 Å². The van der Waals surface area contributed by atoms with Crippen LogP contribution >= 0.6 is 0 Å². The van der Waals surface area contributed by atoms with Crippen LogP contribution in [0.5, 0.6) is 0 Å². The Labute approximate surface area is 123 Å². The number of amides is 1. The van der Waals surface area contributed by atoms with E-state index in [1.54, 1.807) is 17.0 Å². The summed E-state index contributed by atoms with van der Waals surface area (Å²) in [6.07, 6.45) is -0.202. The molecule has 1 amide bonds. The van der Waals surface area contributed by atoms with Gasteiger partial charge in [0.15, 0.2) is 0 Å². The zero-order chi connectivity index (χ0) is 14.7. The normalized spacial score (nSPS) is 18.5. The van der Waals surface area contributed by atoms with Gasteiger partial charge in [-0.25, -0.2) is 4.39 Å². The highest BCUT2D eigenvalue weighted by Crippen LogP contribution is 2.23. The quantitative estimate of drug-likeness (QED) is 0.849. The fraction of sp³-hybridized carbons (Fsp3) is 0.235. The number of rotatable bonds is 2. The Balaban J connectivity index is 1.74. The van der Waals surface area contributed by atoms with Gasteiger partial charge in [0.05, 0.1) is 13.2 Å². The van der Waals surface area contributed by atoms with Gasteiger partial charge in [0.25, 0.3) is 5.91 Å². The lowest BCUT2D eigenvalue weighted by Gasteiger charge is -2.33. The van der Waals surface area contributed by atoms with Crippen molar-refractivity contribution in [3.63, 3.8) is 0 Å². The summed E-state index contributed by atoms with van der Waals surface area (Å²) in [6.45, 7) is 1.55. The Morgan fingerprint density at radius 3 is 2.52 bits per heavy atom. The van der Waals surface area contributed by atoms with Gasteiger partial charge in [0, 0.05) is 12.1 Å². The lowest BCUT2D eigenvalue weighted by molar-refractivity contribution is -0.0228. The topological polar surface area (TPSA) is 29.5 Å². The van der Waals surface area contributed by atoms with Gasteiger partial charge in [-0.1, -0.05) is 30.3 Å². The van der Waals surface area contributed by atoms with Crippen LogP contribution < -0.4 is 0 Å². The van der Waals surface area contributed by atoms with Crippen molar-refractivity contribution in [3.05, 3.63) is 71.5 Å². The summed E-state index contributed by atoms with van der Waals surface area (Å²) in [6, 6.07) is 15.4. The van der Waals surface area contributed by atoms with Crippen molar-refractivity contribution in [1.82, 2.24) is 4.90 Å². The van der Waals surface area contributed by atoms with Crippen molar-refractivity contribution in [3.8, 4) is 0 Å². The van der Waals surface area contributed by atoms with Crippen molar-refractivity contribution in [2.45, 2.75) is 6.10 Å². The number of morpholine rings is 1. The molecule has 1 saturated heterocycles. The first-order valence-electron chi connectivity index (χ1n) is 6.95. The van der Waals surface area contributed by atoms with Crippen LogP contribution in [0.15, 0.2) is 54.6 Å². The van der Waals surface area contributed by atoms with E-state index in [1.165, 1.54) is 12.1 Å². The Hall–Kier alpha value is -2.20. The molecule has 1 unspecified atom stereocenters. The molecule has 1 aliphatic heterocycles. The predicted molar refractivity (Wildman–Crippen MR) is 77.4 cm³/mol. The average molecular weight is 285 g/mol. The molecule has 1 heterocycles. The molecular formula is C17H16FNO2. The first-order valence-corrected chi connectivity index (χ1v) is 6.95. The van der Waals surface area contributed by atoms with E-state index in [2.05, 4.69) is 0 Å². The van der Waals surface area contributed by atoms with Gasteiger partial charge in [-0.15, -0.1) is 0 Å². The van der Waals surface area contributed by atoms with E-state index >= 15 is 0 Å². The Bertz CT molecular complexity index is 612. The Morgan fingerprint density at radius 2 is 1.81 bits per heavy atom. The summed E-state index contributed by atoms with van der Waals surface area (Å²) in [5, 5.41) is 0. The molecule has 1 aliphatic rings. The second-order valence-electron chi connectivity index (χ2n) is 5.03. The van der Waals surface area contributed by atoms with Crippen LogP contribution in [0.2, 0.25) is 0 Å². The van der Waals surface area contributed by atoms with Crippen LogP contribution in [0.25, 0.3) is 0 Å².